The van der Waals surface area contributed by atoms with Crippen LogP contribution in [0.5, 0.6) is 0 Å². The molecule has 2 aliphatic rings. The topological polar surface area (TPSA) is 47.3 Å². The summed E-state index contributed by atoms with van der Waals surface area (Å²) < 4.78 is 5.59. The monoisotopic (exact) mass is 240 g/mol. The highest BCUT2D eigenvalue weighted by atomic mass is 16.5. The Morgan fingerprint density at radius 1 is 1.29 bits per heavy atom. The molecule has 2 atom stereocenters. The van der Waals surface area contributed by atoms with E-state index in [1.165, 1.54) is 38.5 Å². The van der Waals surface area contributed by atoms with Crippen LogP contribution in [0.15, 0.2) is 0 Å². The minimum Gasteiger partial charge on any atom is -0.378 e. The molecule has 3 N–H and O–H groups in total. The summed E-state index contributed by atoms with van der Waals surface area (Å²) in [5.41, 5.74) is 6.38. The van der Waals surface area contributed by atoms with Gasteiger partial charge in [-0.25, -0.2) is 0 Å². The first-order chi connectivity index (χ1) is 8.26. The van der Waals surface area contributed by atoms with Gasteiger partial charge in [-0.3, -0.25) is 0 Å². The largest absolute Gasteiger partial charge is 0.378 e. The summed E-state index contributed by atoms with van der Waals surface area (Å²) in [6.07, 6.45) is 8.39. The second-order valence-electron chi connectivity index (χ2n) is 6.02. The quantitative estimate of drug-likeness (QED) is 0.771. The Bertz CT molecular complexity index is 226. The average molecular weight is 240 g/mol. The Labute approximate surface area is 105 Å². The van der Waals surface area contributed by atoms with E-state index < -0.39 is 0 Å². The van der Waals surface area contributed by atoms with Gasteiger partial charge in [-0.1, -0.05) is 19.3 Å². The van der Waals surface area contributed by atoms with Crippen LogP contribution in [0.3, 0.4) is 0 Å². The van der Waals surface area contributed by atoms with Crippen molar-refractivity contribution in [1.29, 1.82) is 0 Å². The van der Waals surface area contributed by atoms with E-state index in [2.05, 4.69) is 12.2 Å². The van der Waals surface area contributed by atoms with Crippen molar-refractivity contribution in [1.82, 2.24) is 5.32 Å². The molecule has 0 aromatic heterocycles. The van der Waals surface area contributed by atoms with Gasteiger partial charge in [0.1, 0.15) is 0 Å². The number of hydrogen-bond acceptors (Lipinski definition) is 3. The van der Waals surface area contributed by atoms with Crippen LogP contribution in [0.4, 0.5) is 0 Å². The fourth-order valence-corrected chi connectivity index (χ4v) is 3.32. The van der Waals surface area contributed by atoms with Gasteiger partial charge in [0.25, 0.3) is 0 Å². The highest BCUT2D eigenvalue weighted by molar-refractivity contribution is 4.86. The second-order valence-corrected chi connectivity index (χ2v) is 6.02. The molecular formula is C14H28N2O. The van der Waals surface area contributed by atoms with E-state index in [-0.39, 0.29) is 0 Å². The van der Waals surface area contributed by atoms with Crippen LogP contribution >= 0.6 is 0 Å². The molecule has 0 aromatic rings. The summed E-state index contributed by atoms with van der Waals surface area (Å²) in [7, 11) is 0. The van der Waals surface area contributed by atoms with Gasteiger partial charge in [-0.05, 0) is 44.1 Å². The van der Waals surface area contributed by atoms with Crippen LogP contribution < -0.4 is 11.1 Å². The highest BCUT2D eigenvalue weighted by Crippen LogP contribution is 2.34. The van der Waals surface area contributed by atoms with Crippen LogP contribution in [0.25, 0.3) is 0 Å². The van der Waals surface area contributed by atoms with E-state index in [1.807, 2.05) is 0 Å². The lowest BCUT2D eigenvalue weighted by Gasteiger charge is -2.36. The normalized spacial score (nSPS) is 32.8. The van der Waals surface area contributed by atoms with E-state index in [4.69, 9.17) is 10.5 Å². The third-order valence-electron chi connectivity index (χ3n) is 4.79. The number of nitrogens with two attached hydrogens (primary N) is 1. The maximum absolute atomic E-state index is 6.00. The Kier molecular flexibility index (Phi) is 4.83. The summed E-state index contributed by atoms with van der Waals surface area (Å²) in [6, 6.07) is 0. The maximum Gasteiger partial charge on any atom is 0.0588 e. The molecule has 1 aliphatic carbocycles. The molecular weight excluding hydrogens is 212 g/mol. The van der Waals surface area contributed by atoms with Crippen LogP contribution in [-0.2, 0) is 4.74 Å². The lowest BCUT2D eigenvalue weighted by atomic mass is 9.74. The Morgan fingerprint density at radius 3 is 2.65 bits per heavy atom. The van der Waals surface area contributed by atoms with E-state index in [0.717, 1.165) is 26.2 Å². The van der Waals surface area contributed by atoms with Crippen molar-refractivity contribution >= 4 is 0 Å². The minimum atomic E-state index is 0.390. The molecule has 0 aromatic carbocycles. The van der Waals surface area contributed by atoms with E-state index in [0.29, 0.717) is 17.4 Å². The number of nitrogens with one attached hydrogen (secondary N) is 1. The molecule has 2 fully saturated rings. The molecule has 0 spiro atoms. The molecule has 0 radical (unpaired) electrons. The van der Waals surface area contributed by atoms with Gasteiger partial charge in [0.2, 0.25) is 0 Å². The van der Waals surface area contributed by atoms with E-state index in [9.17, 15) is 0 Å². The standard InChI is InChI=1S/C14H28N2O/c1-12-13(5-8-17-12)9-16-11-14(10-15)6-3-2-4-7-14/h12-13,16H,2-11,15H2,1H3. The zero-order chi connectivity index (χ0) is 12.1. The van der Waals surface area contributed by atoms with Gasteiger partial charge < -0.3 is 15.8 Å². The van der Waals surface area contributed by atoms with Gasteiger partial charge >= 0.3 is 0 Å². The van der Waals surface area contributed by atoms with Crippen molar-refractivity contribution in [3.8, 4) is 0 Å². The lowest BCUT2D eigenvalue weighted by molar-refractivity contribution is 0.103. The van der Waals surface area contributed by atoms with E-state index in [1.54, 1.807) is 0 Å². The van der Waals surface area contributed by atoms with Crippen molar-refractivity contribution in [2.75, 3.05) is 26.2 Å². The van der Waals surface area contributed by atoms with Gasteiger partial charge in [0.15, 0.2) is 0 Å². The first-order valence-corrected chi connectivity index (χ1v) is 7.28. The molecule has 2 rings (SSSR count). The third-order valence-corrected chi connectivity index (χ3v) is 4.79. The van der Waals surface area contributed by atoms with Crippen LogP contribution in [0.2, 0.25) is 0 Å². The van der Waals surface area contributed by atoms with Gasteiger partial charge in [-0.15, -0.1) is 0 Å². The van der Waals surface area contributed by atoms with Crippen LogP contribution in [0.1, 0.15) is 45.4 Å². The molecule has 1 heterocycles. The Morgan fingerprint density at radius 2 is 2.06 bits per heavy atom. The molecule has 0 bridgehead atoms. The summed E-state index contributed by atoms with van der Waals surface area (Å²) >= 11 is 0. The number of ether oxygens (including phenoxy) is 1. The predicted molar refractivity (Wildman–Crippen MR) is 71.0 cm³/mol. The molecule has 3 heteroatoms. The molecule has 3 nitrogen and oxygen atoms in total. The summed E-state index contributed by atoms with van der Waals surface area (Å²) in [6.45, 7) is 6.18. The first-order valence-electron chi connectivity index (χ1n) is 7.28. The van der Waals surface area contributed by atoms with Crippen LogP contribution in [0, 0.1) is 11.3 Å². The summed E-state index contributed by atoms with van der Waals surface area (Å²) in [5, 5.41) is 3.66. The molecule has 0 amide bonds. The minimum absolute atomic E-state index is 0.390. The van der Waals surface area contributed by atoms with Gasteiger partial charge in [0.05, 0.1) is 6.10 Å². The van der Waals surface area contributed by atoms with Gasteiger partial charge in [-0.2, -0.15) is 0 Å². The van der Waals surface area contributed by atoms with Crippen molar-refractivity contribution in [3.05, 3.63) is 0 Å². The molecule has 1 saturated carbocycles. The molecule has 100 valence electrons. The fraction of sp³-hybridized carbons (Fsp3) is 1.00. The Balaban J connectivity index is 1.72. The third kappa shape index (κ3) is 3.43. The average Bonchev–Trinajstić information content (AvgIpc) is 2.76. The molecule has 2 unspecified atom stereocenters. The maximum atomic E-state index is 6.00. The Hall–Kier alpha value is -0.120. The van der Waals surface area contributed by atoms with Crippen molar-refractivity contribution < 1.29 is 4.74 Å². The summed E-state index contributed by atoms with van der Waals surface area (Å²) in [5.74, 6) is 0.702. The van der Waals surface area contributed by atoms with Gasteiger partial charge in [0, 0.05) is 19.7 Å². The summed E-state index contributed by atoms with van der Waals surface area (Å²) in [4.78, 5) is 0. The zero-order valence-electron chi connectivity index (χ0n) is 11.2. The SMILES string of the molecule is CC1OCCC1CNCC1(CN)CCCCC1. The fourth-order valence-electron chi connectivity index (χ4n) is 3.32. The number of hydrogen-bond donors (Lipinski definition) is 2. The van der Waals surface area contributed by atoms with Crippen molar-refractivity contribution in [3.63, 3.8) is 0 Å². The zero-order valence-corrected chi connectivity index (χ0v) is 11.2. The first kappa shape index (κ1) is 13.3. The molecule has 1 aliphatic heterocycles. The van der Waals surface area contributed by atoms with Crippen molar-refractivity contribution in [2.24, 2.45) is 17.1 Å². The second kappa shape index (κ2) is 6.17. The van der Waals surface area contributed by atoms with E-state index >= 15 is 0 Å². The highest BCUT2D eigenvalue weighted by Gasteiger charge is 2.31. The van der Waals surface area contributed by atoms with Crippen molar-refractivity contribution in [2.45, 2.75) is 51.6 Å². The smallest absolute Gasteiger partial charge is 0.0588 e. The van der Waals surface area contributed by atoms with Crippen LogP contribution in [-0.4, -0.2) is 32.3 Å². The molecule has 1 saturated heterocycles. The predicted octanol–water partition coefficient (Wildman–Crippen LogP) is 1.91. The number of rotatable bonds is 5. The lowest BCUT2D eigenvalue weighted by Crippen LogP contribution is -2.43. The molecule has 17 heavy (non-hydrogen) atoms.